The first-order valence-corrected chi connectivity index (χ1v) is 7.52. The third-order valence-electron chi connectivity index (χ3n) is 4.88. The Hall–Kier alpha value is 0.270. The van der Waals surface area contributed by atoms with Crippen LogP contribution in [0.25, 0.3) is 0 Å². The van der Waals surface area contributed by atoms with E-state index < -0.39 is 0 Å². The molecule has 1 heterocycles. The highest BCUT2D eigenvalue weighted by molar-refractivity contribution is 7.81. The van der Waals surface area contributed by atoms with Crippen LogP contribution in [0.5, 0.6) is 0 Å². The maximum absolute atomic E-state index is 4.83. The fraction of sp³-hybridized carbons (Fsp3) is 1.00. The van der Waals surface area contributed by atoms with Crippen molar-refractivity contribution in [2.24, 2.45) is 0 Å². The second kappa shape index (κ2) is 4.18. The summed E-state index contributed by atoms with van der Waals surface area (Å²) >= 11 is 4.83. The summed E-state index contributed by atoms with van der Waals surface area (Å²) in [5.74, 6) is 0. The van der Waals surface area contributed by atoms with Crippen molar-refractivity contribution in [3.05, 3.63) is 0 Å². The number of hydrogen-bond donors (Lipinski definition) is 3. The fourth-order valence-electron chi connectivity index (χ4n) is 3.99. The zero-order chi connectivity index (χ0) is 11.1. The molecule has 3 fully saturated rings. The highest BCUT2D eigenvalue weighted by atomic mass is 32.1. The van der Waals surface area contributed by atoms with E-state index in [1.165, 1.54) is 64.2 Å². The molecule has 2 aliphatic carbocycles. The summed E-state index contributed by atoms with van der Waals surface area (Å²) in [6, 6.07) is 0. The van der Waals surface area contributed by atoms with Gasteiger partial charge < -0.3 is 0 Å². The average molecular weight is 240 g/mol. The Kier molecular flexibility index (Phi) is 2.97. The Morgan fingerprint density at radius 2 is 1.38 bits per heavy atom. The van der Waals surface area contributed by atoms with Gasteiger partial charge in [0.25, 0.3) is 0 Å². The van der Waals surface area contributed by atoms with Crippen molar-refractivity contribution in [3.63, 3.8) is 0 Å². The van der Waals surface area contributed by atoms with Crippen molar-refractivity contribution in [1.29, 1.82) is 0 Å². The molecule has 16 heavy (non-hydrogen) atoms. The van der Waals surface area contributed by atoms with Gasteiger partial charge in [0.1, 0.15) is 0 Å². The molecule has 1 atom stereocenters. The topological polar surface area (TPSA) is 24.1 Å². The van der Waals surface area contributed by atoms with Crippen LogP contribution in [-0.4, -0.2) is 16.6 Å². The largest absolute Gasteiger partial charge is 0.291 e. The van der Waals surface area contributed by atoms with Crippen LogP contribution >= 0.6 is 12.6 Å². The SMILES string of the molecule is SC1NC2(CCCCC2)NC12CCCCC2. The molecule has 2 spiro atoms. The molecule has 0 radical (unpaired) electrons. The number of thiol groups is 1. The van der Waals surface area contributed by atoms with E-state index in [4.69, 9.17) is 12.6 Å². The van der Waals surface area contributed by atoms with Crippen molar-refractivity contribution < 1.29 is 0 Å². The first kappa shape index (κ1) is 11.4. The van der Waals surface area contributed by atoms with E-state index in [0.29, 0.717) is 10.9 Å². The van der Waals surface area contributed by atoms with Crippen LogP contribution in [0.1, 0.15) is 64.2 Å². The molecule has 1 saturated heterocycles. The second-order valence-corrected chi connectivity index (χ2v) is 6.55. The first-order valence-electron chi connectivity index (χ1n) is 7.00. The monoisotopic (exact) mass is 240 g/mol. The molecule has 3 rings (SSSR count). The Balaban J connectivity index is 1.77. The molecule has 1 aliphatic heterocycles. The summed E-state index contributed by atoms with van der Waals surface area (Å²) in [4.78, 5) is 0. The Labute approximate surface area is 104 Å². The van der Waals surface area contributed by atoms with Gasteiger partial charge in [0.05, 0.1) is 11.0 Å². The van der Waals surface area contributed by atoms with Crippen LogP contribution in [0.3, 0.4) is 0 Å². The van der Waals surface area contributed by atoms with E-state index in [-0.39, 0.29) is 5.66 Å². The first-order chi connectivity index (χ1) is 7.75. The Bertz CT molecular complexity index is 255. The molecular formula is C13H24N2S. The van der Waals surface area contributed by atoms with Gasteiger partial charge in [0, 0.05) is 5.54 Å². The quantitative estimate of drug-likeness (QED) is 0.567. The smallest absolute Gasteiger partial charge is 0.0701 e. The maximum Gasteiger partial charge on any atom is 0.0701 e. The van der Waals surface area contributed by atoms with Gasteiger partial charge in [0.2, 0.25) is 0 Å². The number of hydrogen-bond acceptors (Lipinski definition) is 3. The molecule has 3 aliphatic rings. The summed E-state index contributed by atoms with van der Waals surface area (Å²) in [6.07, 6.45) is 13.5. The van der Waals surface area contributed by atoms with Gasteiger partial charge in [-0.3, -0.25) is 10.6 Å². The van der Waals surface area contributed by atoms with Crippen LogP contribution in [0, 0.1) is 0 Å². The van der Waals surface area contributed by atoms with Gasteiger partial charge in [-0.2, -0.15) is 12.6 Å². The molecule has 3 heteroatoms. The molecule has 0 bridgehead atoms. The second-order valence-electron chi connectivity index (χ2n) is 6.03. The summed E-state index contributed by atoms with van der Waals surface area (Å²) in [7, 11) is 0. The number of rotatable bonds is 0. The van der Waals surface area contributed by atoms with Crippen molar-refractivity contribution in [2.75, 3.05) is 0 Å². The lowest BCUT2D eigenvalue weighted by Crippen LogP contribution is -2.55. The van der Waals surface area contributed by atoms with Gasteiger partial charge >= 0.3 is 0 Å². The van der Waals surface area contributed by atoms with Crippen LogP contribution < -0.4 is 10.6 Å². The van der Waals surface area contributed by atoms with Crippen molar-refractivity contribution in [2.45, 2.75) is 80.8 Å². The fourth-order valence-corrected chi connectivity index (χ4v) is 4.56. The van der Waals surface area contributed by atoms with Gasteiger partial charge in [-0.05, 0) is 25.7 Å². The standard InChI is InChI=1S/C13H24N2S/c16-11-12(7-3-1-4-8-12)15-13(14-11)9-5-2-6-10-13/h11,14-16H,1-10H2. The van der Waals surface area contributed by atoms with E-state index in [0.717, 1.165) is 0 Å². The van der Waals surface area contributed by atoms with Gasteiger partial charge in [-0.15, -0.1) is 0 Å². The minimum Gasteiger partial charge on any atom is -0.291 e. The van der Waals surface area contributed by atoms with Gasteiger partial charge in [0.15, 0.2) is 0 Å². The molecule has 92 valence electrons. The molecule has 0 aromatic carbocycles. The predicted molar refractivity (Wildman–Crippen MR) is 70.7 cm³/mol. The Morgan fingerprint density at radius 1 is 0.812 bits per heavy atom. The predicted octanol–water partition coefficient (Wildman–Crippen LogP) is 2.80. The van der Waals surface area contributed by atoms with Crippen LogP contribution in [0.4, 0.5) is 0 Å². The van der Waals surface area contributed by atoms with Gasteiger partial charge in [-0.1, -0.05) is 38.5 Å². The molecule has 0 amide bonds. The normalized spacial score (nSPS) is 36.9. The average Bonchev–Trinajstić information content (AvgIpc) is 2.54. The van der Waals surface area contributed by atoms with Crippen molar-refractivity contribution >= 4 is 12.6 Å². The van der Waals surface area contributed by atoms with E-state index in [1.54, 1.807) is 0 Å². The van der Waals surface area contributed by atoms with Crippen LogP contribution in [0.2, 0.25) is 0 Å². The summed E-state index contributed by atoms with van der Waals surface area (Å²) in [6.45, 7) is 0. The van der Waals surface area contributed by atoms with Crippen LogP contribution in [-0.2, 0) is 0 Å². The van der Waals surface area contributed by atoms with Crippen molar-refractivity contribution in [3.8, 4) is 0 Å². The molecule has 0 aromatic heterocycles. The lowest BCUT2D eigenvalue weighted by Gasteiger charge is -2.40. The number of nitrogens with one attached hydrogen (secondary N) is 2. The maximum atomic E-state index is 4.83. The van der Waals surface area contributed by atoms with Crippen LogP contribution in [0.15, 0.2) is 0 Å². The zero-order valence-corrected chi connectivity index (χ0v) is 11.0. The molecular weight excluding hydrogens is 216 g/mol. The molecule has 2 nitrogen and oxygen atoms in total. The third kappa shape index (κ3) is 1.81. The minimum absolute atomic E-state index is 0.238. The highest BCUT2D eigenvalue weighted by Crippen LogP contribution is 2.42. The highest BCUT2D eigenvalue weighted by Gasteiger charge is 2.52. The van der Waals surface area contributed by atoms with E-state index >= 15 is 0 Å². The minimum atomic E-state index is 0.238. The van der Waals surface area contributed by atoms with Crippen molar-refractivity contribution in [1.82, 2.24) is 10.6 Å². The molecule has 2 saturated carbocycles. The van der Waals surface area contributed by atoms with E-state index in [9.17, 15) is 0 Å². The lowest BCUT2D eigenvalue weighted by atomic mass is 9.81. The molecule has 2 N–H and O–H groups in total. The van der Waals surface area contributed by atoms with Gasteiger partial charge in [-0.25, -0.2) is 0 Å². The summed E-state index contributed by atoms with van der Waals surface area (Å²) < 4.78 is 0. The van der Waals surface area contributed by atoms with E-state index in [2.05, 4.69) is 10.6 Å². The zero-order valence-electron chi connectivity index (χ0n) is 10.1. The molecule has 1 unspecified atom stereocenters. The molecule has 0 aromatic rings. The summed E-state index contributed by atoms with van der Waals surface area (Å²) in [5.41, 5.74) is 0.542. The van der Waals surface area contributed by atoms with E-state index in [1.807, 2.05) is 0 Å². The third-order valence-corrected chi connectivity index (χ3v) is 5.50. The lowest BCUT2D eigenvalue weighted by molar-refractivity contribution is 0.183. The Morgan fingerprint density at radius 3 is 2.00 bits per heavy atom. The summed E-state index contributed by atoms with van der Waals surface area (Å²) in [5, 5.41) is 8.13.